The van der Waals surface area contributed by atoms with Gasteiger partial charge in [-0.25, -0.2) is 22.3 Å². The minimum Gasteiger partial charge on any atom is -0.480 e. The molecular weight excluding hydrogens is 444 g/mol. The number of carbonyl (C=O) groups excluding carboxylic acids is 1. The van der Waals surface area contributed by atoms with Gasteiger partial charge in [-0.2, -0.15) is 0 Å². The molecule has 0 spiro atoms. The average Bonchev–Trinajstić information content (AvgIpc) is 3.11. The maximum Gasteiger partial charge on any atom is 0.260 e. The number of anilines is 2. The van der Waals surface area contributed by atoms with E-state index in [0.717, 1.165) is 6.07 Å². The number of hydrogen-bond acceptors (Lipinski definition) is 6. The number of alkyl halides is 1. The van der Waals surface area contributed by atoms with Gasteiger partial charge in [0.15, 0.2) is 11.5 Å². The van der Waals surface area contributed by atoms with Gasteiger partial charge in [-0.05, 0) is 18.6 Å². The van der Waals surface area contributed by atoms with E-state index < -0.39 is 45.4 Å². The largest absolute Gasteiger partial charge is 0.480 e. The topological polar surface area (TPSA) is 115 Å². The molecule has 160 valence electrons. The highest BCUT2D eigenvalue weighted by Crippen LogP contribution is 2.27. The first-order chi connectivity index (χ1) is 14.2. The third kappa shape index (κ3) is 4.76. The summed E-state index contributed by atoms with van der Waals surface area (Å²) in [5, 5.41) is 6.26. The molecule has 0 aliphatic rings. The molecule has 3 rings (SSSR count). The Morgan fingerprint density at radius 1 is 1.37 bits per heavy atom. The fourth-order valence-corrected chi connectivity index (χ4v) is 3.83. The van der Waals surface area contributed by atoms with Crippen molar-refractivity contribution in [3.05, 3.63) is 47.0 Å². The minimum atomic E-state index is -4.00. The van der Waals surface area contributed by atoms with Gasteiger partial charge in [0.2, 0.25) is 15.9 Å². The number of rotatable bonds is 8. The van der Waals surface area contributed by atoms with E-state index in [0.29, 0.717) is 11.5 Å². The summed E-state index contributed by atoms with van der Waals surface area (Å²) in [7, 11) is -2.56. The molecule has 2 N–H and O–H groups in total. The van der Waals surface area contributed by atoms with Crippen molar-refractivity contribution in [1.29, 1.82) is 0 Å². The molecule has 0 aliphatic heterocycles. The molecule has 1 aromatic carbocycles. The Morgan fingerprint density at radius 2 is 2.13 bits per heavy atom. The summed E-state index contributed by atoms with van der Waals surface area (Å²) in [6, 6.07) is 3.82. The summed E-state index contributed by atoms with van der Waals surface area (Å²) < 4.78 is 59.2. The molecule has 0 bridgehead atoms. The second-order valence-corrected chi connectivity index (χ2v) is 8.28. The molecule has 0 fully saturated rings. The fraction of sp³-hybridized carbons (Fsp3) is 0.235. The minimum absolute atomic E-state index is 0.183. The molecule has 2 aromatic heterocycles. The van der Waals surface area contributed by atoms with E-state index in [4.69, 9.17) is 16.3 Å². The van der Waals surface area contributed by atoms with Crippen LogP contribution in [0.15, 0.2) is 30.6 Å². The first-order valence-corrected chi connectivity index (χ1v) is 10.5. The van der Waals surface area contributed by atoms with Gasteiger partial charge in [0.05, 0.1) is 53.9 Å². The maximum atomic E-state index is 14.8. The van der Waals surface area contributed by atoms with Crippen LogP contribution in [-0.2, 0) is 10.0 Å². The van der Waals surface area contributed by atoms with Crippen molar-refractivity contribution >= 4 is 44.6 Å². The number of hydrogen-bond donors (Lipinski definition) is 2. The smallest absolute Gasteiger partial charge is 0.260 e. The van der Waals surface area contributed by atoms with Crippen molar-refractivity contribution in [2.24, 2.45) is 0 Å². The monoisotopic (exact) mass is 459 g/mol. The van der Waals surface area contributed by atoms with Gasteiger partial charge in [0.1, 0.15) is 0 Å². The Kier molecular flexibility index (Phi) is 6.37. The van der Waals surface area contributed by atoms with E-state index in [1.165, 1.54) is 30.1 Å². The summed E-state index contributed by atoms with van der Waals surface area (Å²) in [5.41, 5.74) is -0.407. The summed E-state index contributed by atoms with van der Waals surface area (Å²) >= 11 is 5.96. The van der Waals surface area contributed by atoms with Crippen LogP contribution >= 0.6 is 11.6 Å². The first-order valence-electron chi connectivity index (χ1n) is 8.49. The highest BCUT2D eigenvalue weighted by atomic mass is 35.5. The number of sulfonamides is 1. The lowest BCUT2D eigenvalue weighted by Crippen LogP contribution is -2.20. The molecular formula is C17H16ClF2N5O4S. The first kappa shape index (κ1) is 21.7. The lowest BCUT2D eigenvalue weighted by atomic mass is 10.1. The van der Waals surface area contributed by atoms with Crippen molar-refractivity contribution in [3.8, 4) is 5.88 Å². The molecule has 30 heavy (non-hydrogen) atoms. The van der Waals surface area contributed by atoms with Crippen molar-refractivity contribution in [2.45, 2.75) is 6.42 Å². The van der Waals surface area contributed by atoms with E-state index in [1.54, 1.807) is 6.07 Å². The van der Waals surface area contributed by atoms with Crippen LogP contribution in [0.25, 0.3) is 5.65 Å². The number of ether oxygens (including phenoxy) is 1. The van der Waals surface area contributed by atoms with Gasteiger partial charge in [-0.1, -0.05) is 11.6 Å². The molecule has 0 unspecified atom stereocenters. The molecule has 13 heteroatoms. The Morgan fingerprint density at radius 3 is 2.83 bits per heavy atom. The number of methoxy groups -OCH3 is 1. The number of amides is 1. The average molecular weight is 460 g/mol. The van der Waals surface area contributed by atoms with Crippen molar-refractivity contribution in [3.63, 3.8) is 0 Å². The van der Waals surface area contributed by atoms with E-state index in [-0.39, 0.29) is 17.1 Å². The Balaban J connectivity index is 1.86. The van der Waals surface area contributed by atoms with E-state index in [2.05, 4.69) is 15.4 Å². The van der Waals surface area contributed by atoms with Crippen molar-refractivity contribution < 1.29 is 26.7 Å². The zero-order valence-electron chi connectivity index (χ0n) is 15.5. The number of benzene rings is 1. The van der Waals surface area contributed by atoms with E-state index in [9.17, 15) is 22.0 Å². The molecule has 0 radical (unpaired) electrons. The predicted molar refractivity (Wildman–Crippen MR) is 107 cm³/mol. The van der Waals surface area contributed by atoms with Gasteiger partial charge in [-0.15, -0.1) is 5.10 Å². The fourth-order valence-electron chi connectivity index (χ4n) is 2.52. The van der Waals surface area contributed by atoms with Crippen LogP contribution in [0.3, 0.4) is 0 Å². The number of nitrogens with zero attached hydrogens (tertiary/aromatic N) is 3. The zero-order valence-corrected chi connectivity index (χ0v) is 17.1. The standard InChI is InChI=1S/C17H16ClF2N5O4S/c1-29-14-7-13-21-8-10(9-25(13)23-14)22-17(26)15-11(18)3-4-12(16(15)20)24-30(27,28)6-2-5-19/h3-4,7-9,24H,2,5-6H2,1H3,(H,22,26). The van der Waals surface area contributed by atoms with Crippen LogP contribution in [0.2, 0.25) is 5.02 Å². The van der Waals surface area contributed by atoms with E-state index in [1.807, 2.05) is 4.72 Å². The highest BCUT2D eigenvalue weighted by molar-refractivity contribution is 7.92. The summed E-state index contributed by atoms with van der Waals surface area (Å²) in [6.07, 6.45) is 2.51. The number of carbonyl (C=O) groups is 1. The van der Waals surface area contributed by atoms with Gasteiger partial charge in [0, 0.05) is 6.07 Å². The highest BCUT2D eigenvalue weighted by Gasteiger charge is 2.22. The molecule has 1 amide bonds. The Bertz CT molecular complexity index is 1200. The summed E-state index contributed by atoms with van der Waals surface area (Å²) in [4.78, 5) is 16.7. The Labute approximate surface area is 175 Å². The molecule has 9 nitrogen and oxygen atoms in total. The SMILES string of the molecule is COc1cc2ncc(NC(=O)c3c(Cl)ccc(NS(=O)(=O)CCCF)c3F)cn2n1. The summed E-state index contributed by atoms with van der Waals surface area (Å²) in [5.74, 6) is -2.32. The lowest BCUT2D eigenvalue weighted by molar-refractivity contribution is 0.102. The number of fused-ring (bicyclic) bond motifs is 1. The van der Waals surface area contributed by atoms with Crippen molar-refractivity contribution in [1.82, 2.24) is 14.6 Å². The number of nitrogens with one attached hydrogen (secondary N) is 2. The van der Waals surface area contributed by atoms with Gasteiger partial charge in [0.25, 0.3) is 5.91 Å². The predicted octanol–water partition coefficient (Wildman–Crippen LogP) is 2.88. The third-order valence-corrected chi connectivity index (χ3v) is 5.56. The summed E-state index contributed by atoms with van der Waals surface area (Å²) in [6.45, 7) is -0.835. The third-order valence-electron chi connectivity index (χ3n) is 3.89. The van der Waals surface area contributed by atoms with Crippen LogP contribution in [-0.4, -0.2) is 48.5 Å². The number of halogens is 3. The maximum absolute atomic E-state index is 14.8. The van der Waals surface area contributed by atoms with Crippen LogP contribution in [0.4, 0.5) is 20.2 Å². The number of aromatic nitrogens is 3. The lowest BCUT2D eigenvalue weighted by Gasteiger charge is -2.13. The van der Waals surface area contributed by atoms with Crippen LogP contribution in [0.5, 0.6) is 5.88 Å². The van der Waals surface area contributed by atoms with Crippen molar-refractivity contribution in [2.75, 3.05) is 29.6 Å². The van der Waals surface area contributed by atoms with Gasteiger partial charge < -0.3 is 10.1 Å². The quantitative estimate of drug-likeness (QED) is 0.535. The molecule has 0 aliphatic carbocycles. The zero-order chi connectivity index (χ0) is 21.9. The molecule has 3 aromatic rings. The Hall–Kier alpha value is -2.99. The van der Waals surface area contributed by atoms with E-state index >= 15 is 0 Å². The normalized spacial score (nSPS) is 11.5. The molecule has 2 heterocycles. The molecule has 0 atom stereocenters. The van der Waals surface area contributed by atoms with Gasteiger partial charge in [-0.3, -0.25) is 13.9 Å². The molecule has 0 saturated heterocycles. The second kappa shape index (κ2) is 8.79. The van der Waals surface area contributed by atoms with Crippen LogP contribution in [0.1, 0.15) is 16.8 Å². The second-order valence-electron chi connectivity index (χ2n) is 6.03. The van der Waals surface area contributed by atoms with Crippen LogP contribution in [0, 0.1) is 5.82 Å². The van der Waals surface area contributed by atoms with Gasteiger partial charge >= 0.3 is 0 Å². The van der Waals surface area contributed by atoms with Crippen LogP contribution < -0.4 is 14.8 Å². The molecule has 0 saturated carbocycles.